The summed E-state index contributed by atoms with van der Waals surface area (Å²) in [7, 11) is 1.33. The molecule has 3 aromatic carbocycles. The Labute approximate surface area is 330 Å². The number of pyridine rings is 1. The normalized spacial score (nSPS) is 25.5. The molecular weight excluding hydrogens is 794 g/mol. The van der Waals surface area contributed by atoms with Crippen LogP contribution in [0.25, 0.3) is 0 Å². The molecule has 2 aliphatic carbocycles. The molecule has 18 heteroatoms. The molecule has 2 aliphatic heterocycles. The number of rotatable bonds is 7. The smallest absolute Gasteiger partial charge is 0.417 e. The number of phenolic OH excluding ortho intramolecular Hbond substituents is 1. The second-order valence-electron chi connectivity index (χ2n) is 14.1. The predicted octanol–water partition coefficient (Wildman–Crippen LogP) is 7.22. The van der Waals surface area contributed by atoms with Crippen molar-refractivity contribution in [1.29, 1.82) is 0 Å². The number of non-ortho nitro benzene ring substituents is 1. The highest BCUT2D eigenvalue weighted by atomic mass is 35.5. The van der Waals surface area contributed by atoms with Gasteiger partial charge in [-0.2, -0.15) is 18.2 Å². The minimum absolute atomic E-state index is 0.00424. The van der Waals surface area contributed by atoms with Gasteiger partial charge in [0.05, 0.1) is 51.5 Å². The van der Waals surface area contributed by atoms with Crippen LogP contribution < -0.4 is 15.1 Å². The largest absolute Gasteiger partial charge is 0.504 e. The van der Waals surface area contributed by atoms with Gasteiger partial charge < -0.3 is 9.84 Å². The van der Waals surface area contributed by atoms with Gasteiger partial charge in [-0.15, -0.1) is 0 Å². The minimum atomic E-state index is -4.79. The molecule has 1 saturated carbocycles. The number of ether oxygens (including phenoxy) is 1. The number of anilines is 2. The third-order valence-electron chi connectivity index (χ3n) is 11.4. The van der Waals surface area contributed by atoms with Gasteiger partial charge in [0.1, 0.15) is 0 Å². The average Bonchev–Trinajstić information content (AvgIpc) is 3.56. The van der Waals surface area contributed by atoms with Crippen molar-refractivity contribution < 1.29 is 47.1 Å². The van der Waals surface area contributed by atoms with Gasteiger partial charge in [0.15, 0.2) is 17.3 Å². The number of hydrogen-bond donors (Lipinski definition) is 2. The summed E-state index contributed by atoms with van der Waals surface area (Å²) < 4.78 is 45.9. The Balaban J connectivity index is 1.32. The molecule has 13 nitrogen and oxygen atoms in total. The fraction of sp³-hybridized carbons (Fsp3) is 0.256. The lowest BCUT2D eigenvalue weighted by Gasteiger charge is -2.50. The van der Waals surface area contributed by atoms with Crippen LogP contribution in [-0.2, 0) is 30.8 Å². The Morgan fingerprint density at radius 2 is 1.70 bits per heavy atom. The van der Waals surface area contributed by atoms with Gasteiger partial charge >= 0.3 is 6.18 Å². The Hall–Kier alpha value is -6.00. The van der Waals surface area contributed by atoms with Crippen LogP contribution in [0.3, 0.4) is 0 Å². The predicted molar refractivity (Wildman–Crippen MR) is 197 cm³/mol. The second kappa shape index (κ2) is 13.6. The lowest BCUT2D eigenvalue weighted by molar-refractivity contribution is -0.384. The zero-order valence-corrected chi connectivity index (χ0v) is 30.9. The average molecular weight is 823 g/mol. The first-order valence-corrected chi connectivity index (χ1v) is 18.2. The number of methoxy groups -OCH3 is 1. The van der Waals surface area contributed by atoms with Crippen molar-refractivity contribution in [3.8, 4) is 11.5 Å². The molecule has 6 unspecified atom stereocenters. The molecule has 2 N–H and O–H groups in total. The van der Waals surface area contributed by atoms with Gasteiger partial charge in [0.25, 0.3) is 17.5 Å². The Morgan fingerprint density at radius 1 is 0.982 bits per heavy atom. The molecule has 57 heavy (non-hydrogen) atoms. The summed E-state index contributed by atoms with van der Waals surface area (Å²) in [5.74, 6) is -9.24. The Bertz CT molecular complexity index is 2450. The summed E-state index contributed by atoms with van der Waals surface area (Å²) >= 11 is 12.5. The standard InChI is InChI=1S/C39H28Cl2F3N5O8/c1-57-29-7-3-6-25(32(29)50)31-23-12-13-24-30(36(53)47(34(24)51)21-4-2-5-22(15-21)49(55)56)26(23)16-27-35(52)48(37(54)38(27,31)18-8-10-20(40)11-9-18)46-33-28(41)14-19(17-45-33)39(42,43)44/h2-12,14-15,17,24,26-27,30-31,50H,13,16H2,1H3,(H,45,46). The number of aromatic nitrogens is 1. The van der Waals surface area contributed by atoms with Gasteiger partial charge in [-0.25, -0.2) is 9.88 Å². The first kappa shape index (κ1) is 37.9. The molecule has 292 valence electrons. The van der Waals surface area contributed by atoms with E-state index in [2.05, 4.69) is 10.4 Å². The third kappa shape index (κ3) is 5.71. The van der Waals surface area contributed by atoms with Crippen LogP contribution in [0.2, 0.25) is 10.0 Å². The lowest BCUT2D eigenvalue weighted by Crippen LogP contribution is -2.53. The number of hydrazine groups is 1. The summed E-state index contributed by atoms with van der Waals surface area (Å²) in [6.07, 6.45) is -2.75. The van der Waals surface area contributed by atoms with E-state index in [-0.39, 0.29) is 46.8 Å². The fourth-order valence-electron chi connectivity index (χ4n) is 9.06. The number of halogens is 5. The number of nitro groups is 1. The molecule has 2 saturated heterocycles. The molecule has 4 amide bonds. The number of aromatic hydroxyl groups is 1. The topological polar surface area (TPSA) is 172 Å². The maximum Gasteiger partial charge on any atom is 0.417 e. The number of alkyl halides is 3. The number of para-hydroxylation sites is 1. The number of nitrogens with one attached hydrogen (secondary N) is 1. The Morgan fingerprint density at radius 3 is 2.37 bits per heavy atom. The van der Waals surface area contributed by atoms with Crippen LogP contribution in [-0.4, -0.2) is 50.8 Å². The van der Waals surface area contributed by atoms with Crippen molar-refractivity contribution >= 4 is 64.0 Å². The molecule has 4 aliphatic rings. The summed E-state index contributed by atoms with van der Waals surface area (Å²) in [5, 5.41) is 23.8. The molecule has 0 radical (unpaired) electrons. The van der Waals surface area contributed by atoms with E-state index in [0.29, 0.717) is 27.9 Å². The number of carbonyl (C=O) groups excluding carboxylic acids is 4. The SMILES string of the molecule is COc1cccc(C2C3=CCC4C(=O)N(c5cccc([N+](=O)[O-])c5)C(=O)C4C3CC3C(=O)N(Nc4ncc(C(F)(F)F)cc4Cl)C(=O)C32c2ccc(Cl)cc2)c1O. The zero-order chi connectivity index (χ0) is 40.7. The maximum absolute atomic E-state index is 15.3. The van der Waals surface area contributed by atoms with Gasteiger partial charge in [-0.05, 0) is 54.7 Å². The molecule has 6 atom stereocenters. The van der Waals surface area contributed by atoms with Gasteiger partial charge in [0.2, 0.25) is 11.8 Å². The summed E-state index contributed by atoms with van der Waals surface area (Å²) in [4.78, 5) is 74.4. The van der Waals surface area contributed by atoms with Crippen molar-refractivity contribution in [2.45, 2.75) is 30.4 Å². The first-order chi connectivity index (χ1) is 27.1. The molecule has 0 bridgehead atoms. The van der Waals surface area contributed by atoms with E-state index in [0.717, 1.165) is 11.0 Å². The molecule has 3 fully saturated rings. The minimum Gasteiger partial charge on any atom is -0.504 e. The quantitative estimate of drug-likeness (QED) is 0.0839. The van der Waals surface area contributed by atoms with E-state index in [1.54, 1.807) is 30.3 Å². The van der Waals surface area contributed by atoms with Crippen LogP contribution in [0.5, 0.6) is 11.5 Å². The van der Waals surface area contributed by atoms with E-state index in [1.807, 2.05) is 0 Å². The van der Waals surface area contributed by atoms with E-state index in [4.69, 9.17) is 27.9 Å². The first-order valence-electron chi connectivity index (χ1n) is 17.4. The third-order valence-corrected chi connectivity index (χ3v) is 12.0. The van der Waals surface area contributed by atoms with E-state index in [9.17, 15) is 42.8 Å². The van der Waals surface area contributed by atoms with Crippen LogP contribution >= 0.6 is 23.2 Å². The fourth-order valence-corrected chi connectivity index (χ4v) is 9.40. The number of imide groups is 2. The van der Waals surface area contributed by atoms with Crippen molar-refractivity contribution in [2.24, 2.45) is 23.7 Å². The monoisotopic (exact) mass is 821 g/mol. The van der Waals surface area contributed by atoms with Gasteiger partial charge in [-0.3, -0.25) is 34.7 Å². The summed E-state index contributed by atoms with van der Waals surface area (Å²) in [6.45, 7) is 0. The number of hydrogen-bond acceptors (Lipinski definition) is 10. The second-order valence-corrected chi connectivity index (χ2v) is 14.9. The molecule has 3 heterocycles. The lowest BCUT2D eigenvalue weighted by atomic mass is 9.49. The highest BCUT2D eigenvalue weighted by molar-refractivity contribution is 6.33. The highest BCUT2D eigenvalue weighted by Crippen LogP contribution is 2.65. The van der Waals surface area contributed by atoms with Crippen LogP contribution in [0, 0.1) is 33.8 Å². The Kier molecular flexibility index (Phi) is 9.03. The van der Waals surface area contributed by atoms with Gasteiger partial charge in [0, 0.05) is 34.8 Å². The summed E-state index contributed by atoms with van der Waals surface area (Å²) in [6, 6.07) is 16.4. The number of amides is 4. The van der Waals surface area contributed by atoms with Crippen molar-refractivity contribution in [3.05, 3.63) is 127 Å². The molecular formula is C39H28Cl2F3N5O8. The van der Waals surface area contributed by atoms with Crippen molar-refractivity contribution in [1.82, 2.24) is 9.99 Å². The van der Waals surface area contributed by atoms with Crippen LogP contribution in [0.15, 0.2) is 90.6 Å². The number of benzene rings is 3. The molecule has 8 rings (SSSR count). The number of phenols is 1. The number of fused-ring (bicyclic) bond motifs is 4. The highest BCUT2D eigenvalue weighted by Gasteiger charge is 2.71. The number of nitro benzene ring substituents is 1. The number of allylic oxidation sites excluding steroid dienone is 2. The van der Waals surface area contributed by atoms with Crippen LogP contribution in [0.1, 0.15) is 35.4 Å². The summed E-state index contributed by atoms with van der Waals surface area (Å²) in [5.41, 5.74) is 0.0159. The number of carbonyl (C=O) groups is 4. The van der Waals surface area contributed by atoms with E-state index < -0.39 is 86.1 Å². The molecule has 1 aromatic heterocycles. The van der Waals surface area contributed by atoms with E-state index >= 15 is 4.79 Å². The zero-order valence-electron chi connectivity index (χ0n) is 29.4. The molecule has 4 aromatic rings. The van der Waals surface area contributed by atoms with Crippen molar-refractivity contribution in [3.63, 3.8) is 0 Å². The number of nitrogens with zero attached hydrogens (tertiary/aromatic N) is 4. The van der Waals surface area contributed by atoms with Gasteiger partial charge in [-0.1, -0.05) is 65.2 Å². The van der Waals surface area contributed by atoms with E-state index in [1.165, 1.54) is 43.5 Å². The van der Waals surface area contributed by atoms with Crippen molar-refractivity contribution in [2.75, 3.05) is 17.4 Å². The molecule has 0 spiro atoms. The van der Waals surface area contributed by atoms with Crippen LogP contribution in [0.4, 0.5) is 30.4 Å². The maximum atomic E-state index is 15.3.